The highest BCUT2D eigenvalue weighted by molar-refractivity contribution is 9.10. The molecule has 3 aromatic carbocycles. The molecular weight excluding hydrogens is 472 g/mol. The fourth-order valence-corrected chi connectivity index (χ4v) is 3.34. The third-order valence-corrected chi connectivity index (χ3v) is 5.40. The Hall–Kier alpha value is -3.32. The van der Waals surface area contributed by atoms with Gasteiger partial charge in [-0.2, -0.15) is 0 Å². The number of aryl methyl sites for hydroxylation is 1. The molecule has 0 saturated heterocycles. The van der Waals surface area contributed by atoms with E-state index in [2.05, 4.69) is 26.8 Å². The van der Waals surface area contributed by atoms with Crippen LogP contribution in [0, 0.1) is 13.8 Å². The molecule has 0 saturated carbocycles. The third kappa shape index (κ3) is 6.59. The summed E-state index contributed by atoms with van der Waals surface area (Å²) in [4.78, 5) is 24.8. The van der Waals surface area contributed by atoms with Crippen LogP contribution in [0.5, 0.6) is 11.5 Å². The second-order valence-electron chi connectivity index (χ2n) is 7.21. The normalized spacial score (nSPS) is 10.3. The molecule has 0 unspecified atom stereocenters. The van der Waals surface area contributed by atoms with Gasteiger partial charge in [0.2, 0.25) is 0 Å². The molecule has 2 amide bonds. The molecule has 0 atom stereocenters. The van der Waals surface area contributed by atoms with Gasteiger partial charge in [0.25, 0.3) is 11.8 Å². The van der Waals surface area contributed by atoms with E-state index in [1.54, 1.807) is 24.3 Å². The van der Waals surface area contributed by atoms with Crippen molar-refractivity contribution in [3.05, 3.63) is 93.5 Å². The van der Waals surface area contributed by atoms with Gasteiger partial charge in [0.15, 0.2) is 6.61 Å². The highest BCUT2D eigenvalue weighted by atomic mass is 79.9. The van der Waals surface area contributed by atoms with Crippen molar-refractivity contribution in [1.82, 2.24) is 10.9 Å². The van der Waals surface area contributed by atoms with Crippen LogP contribution in [0.4, 0.5) is 0 Å². The molecular formula is C25H25BrN2O4. The molecule has 0 aliphatic carbocycles. The van der Waals surface area contributed by atoms with Gasteiger partial charge in [-0.15, -0.1) is 0 Å². The van der Waals surface area contributed by atoms with Crippen LogP contribution in [-0.4, -0.2) is 25.0 Å². The largest absolute Gasteiger partial charge is 0.492 e. The number of ether oxygens (including phenoxy) is 2. The molecule has 7 heteroatoms. The summed E-state index contributed by atoms with van der Waals surface area (Å²) >= 11 is 3.37. The van der Waals surface area contributed by atoms with Crippen LogP contribution in [0.1, 0.15) is 27.0 Å². The number of hydrogen-bond donors (Lipinski definition) is 2. The Kier molecular flexibility index (Phi) is 8.27. The zero-order valence-corrected chi connectivity index (χ0v) is 19.6. The van der Waals surface area contributed by atoms with Gasteiger partial charge in [0.1, 0.15) is 11.5 Å². The fourth-order valence-electron chi connectivity index (χ4n) is 2.98. The summed E-state index contributed by atoms with van der Waals surface area (Å²) in [5.74, 6) is 0.108. The maximum absolute atomic E-state index is 12.7. The van der Waals surface area contributed by atoms with Crippen LogP contribution in [-0.2, 0) is 11.2 Å². The summed E-state index contributed by atoms with van der Waals surface area (Å²) in [6, 6.07) is 20.7. The van der Waals surface area contributed by atoms with Gasteiger partial charge in [-0.25, -0.2) is 0 Å². The van der Waals surface area contributed by atoms with Crippen LogP contribution in [0.25, 0.3) is 0 Å². The molecule has 0 aromatic heterocycles. The van der Waals surface area contributed by atoms with Crippen LogP contribution >= 0.6 is 15.9 Å². The second-order valence-corrected chi connectivity index (χ2v) is 8.13. The Balaban J connectivity index is 1.54. The predicted molar refractivity (Wildman–Crippen MR) is 127 cm³/mol. The average molecular weight is 497 g/mol. The van der Waals surface area contributed by atoms with Crippen LogP contribution in [0.2, 0.25) is 0 Å². The Morgan fingerprint density at radius 1 is 0.875 bits per heavy atom. The summed E-state index contributed by atoms with van der Waals surface area (Å²) in [5.41, 5.74) is 8.29. The van der Waals surface area contributed by atoms with E-state index in [9.17, 15) is 9.59 Å². The molecule has 0 heterocycles. The number of carbonyl (C=O) groups excluding carboxylic acids is 2. The lowest BCUT2D eigenvalue weighted by molar-refractivity contribution is -0.123. The molecule has 0 bridgehead atoms. The maximum atomic E-state index is 12.7. The first-order valence-electron chi connectivity index (χ1n) is 10.2. The van der Waals surface area contributed by atoms with Crippen molar-refractivity contribution in [2.45, 2.75) is 20.3 Å². The molecule has 0 spiro atoms. The number of hydrazine groups is 1. The van der Waals surface area contributed by atoms with E-state index in [-0.39, 0.29) is 6.61 Å². The molecule has 3 rings (SSSR count). The van der Waals surface area contributed by atoms with Gasteiger partial charge in [-0.3, -0.25) is 20.4 Å². The highest BCUT2D eigenvalue weighted by Crippen LogP contribution is 2.23. The van der Waals surface area contributed by atoms with Crippen molar-refractivity contribution in [3.63, 3.8) is 0 Å². The number of rotatable bonds is 8. The quantitative estimate of drug-likeness (QED) is 0.449. The standard InChI is InChI=1S/C25H25BrN2O4/c1-17-7-6-10-22(18(17)2)32-16-24(29)27-28-25(30)21-15-20(26)11-12-23(21)31-14-13-19-8-4-3-5-9-19/h3-12,15H,13-14,16H2,1-2H3,(H,27,29)(H,28,30). The van der Waals surface area contributed by atoms with E-state index >= 15 is 0 Å². The number of carbonyl (C=O) groups is 2. The van der Waals surface area contributed by atoms with Crippen molar-refractivity contribution >= 4 is 27.7 Å². The zero-order valence-electron chi connectivity index (χ0n) is 18.0. The Morgan fingerprint density at radius 3 is 2.44 bits per heavy atom. The first kappa shape index (κ1) is 23.3. The van der Waals surface area contributed by atoms with Crippen molar-refractivity contribution in [2.75, 3.05) is 13.2 Å². The molecule has 2 N–H and O–H groups in total. The third-order valence-electron chi connectivity index (χ3n) is 4.91. The SMILES string of the molecule is Cc1cccc(OCC(=O)NNC(=O)c2cc(Br)ccc2OCCc2ccccc2)c1C. The highest BCUT2D eigenvalue weighted by Gasteiger charge is 2.15. The van der Waals surface area contributed by atoms with Gasteiger partial charge in [-0.05, 0) is 54.8 Å². The average Bonchev–Trinajstić information content (AvgIpc) is 2.80. The van der Waals surface area contributed by atoms with Crippen molar-refractivity contribution < 1.29 is 19.1 Å². The summed E-state index contributed by atoms with van der Waals surface area (Å²) in [7, 11) is 0. The van der Waals surface area contributed by atoms with Crippen LogP contribution < -0.4 is 20.3 Å². The van der Waals surface area contributed by atoms with E-state index < -0.39 is 11.8 Å². The fraction of sp³-hybridized carbons (Fsp3) is 0.200. The lowest BCUT2D eigenvalue weighted by atomic mass is 10.1. The molecule has 6 nitrogen and oxygen atoms in total. The maximum Gasteiger partial charge on any atom is 0.276 e. The summed E-state index contributed by atoms with van der Waals surface area (Å²) in [6.07, 6.45) is 0.713. The summed E-state index contributed by atoms with van der Waals surface area (Å²) in [5, 5.41) is 0. The Labute approximate surface area is 196 Å². The second kappa shape index (κ2) is 11.3. The topological polar surface area (TPSA) is 76.7 Å². The van der Waals surface area contributed by atoms with Crippen LogP contribution in [0.3, 0.4) is 0 Å². The molecule has 0 fully saturated rings. The summed E-state index contributed by atoms with van der Waals surface area (Å²) < 4.78 is 12.1. The zero-order chi connectivity index (χ0) is 22.9. The van der Waals surface area contributed by atoms with E-state index in [1.165, 1.54) is 0 Å². The first-order chi connectivity index (χ1) is 15.4. The number of amides is 2. The number of nitrogens with one attached hydrogen (secondary N) is 2. The van der Waals surface area contributed by atoms with Crippen molar-refractivity contribution in [1.29, 1.82) is 0 Å². The molecule has 0 radical (unpaired) electrons. The van der Waals surface area contributed by atoms with E-state index in [0.29, 0.717) is 30.1 Å². The molecule has 32 heavy (non-hydrogen) atoms. The van der Waals surface area contributed by atoms with Gasteiger partial charge >= 0.3 is 0 Å². The van der Waals surface area contributed by atoms with Gasteiger partial charge in [-0.1, -0.05) is 58.4 Å². The number of benzene rings is 3. The van der Waals surface area contributed by atoms with E-state index in [1.807, 2.05) is 56.3 Å². The van der Waals surface area contributed by atoms with Crippen LogP contribution in [0.15, 0.2) is 71.2 Å². The molecule has 0 aliphatic rings. The van der Waals surface area contributed by atoms with E-state index in [0.717, 1.165) is 21.2 Å². The minimum atomic E-state index is -0.485. The lowest BCUT2D eigenvalue weighted by Gasteiger charge is -2.14. The molecule has 3 aromatic rings. The minimum absolute atomic E-state index is 0.219. The van der Waals surface area contributed by atoms with E-state index in [4.69, 9.17) is 9.47 Å². The first-order valence-corrected chi connectivity index (χ1v) is 11.0. The number of hydrogen-bond acceptors (Lipinski definition) is 4. The van der Waals surface area contributed by atoms with Crippen molar-refractivity contribution in [3.8, 4) is 11.5 Å². The molecule has 0 aliphatic heterocycles. The smallest absolute Gasteiger partial charge is 0.276 e. The molecule has 166 valence electrons. The minimum Gasteiger partial charge on any atom is -0.492 e. The van der Waals surface area contributed by atoms with Gasteiger partial charge in [0.05, 0.1) is 12.2 Å². The Morgan fingerprint density at radius 2 is 1.66 bits per heavy atom. The monoisotopic (exact) mass is 496 g/mol. The van der Waals surface area contributed by atoms with Gasteiger partial charge < -0.3 is 9.47 Å². The Bertz CT molecular complexity index is 1090. The summed E-state index contributed by atoms with van der Waals surface area (Å²) in [6.45, 7) is 4.10. The van der Waals surface area contributed by atoms with Crippen molar-refractivity contribution in [2.24, 2.45) is 0 Å². The number of halogens is 1. The van der Waals surface area contributed by atoms with Gasteiger partial charge in [0, 0.05) is 10.9 Å². The predicted octanol–water partition coefficient (Wildman–Crippen LogP) is 4.53. The lowest BCUT2D eigenvalue weighted by Crippen LogP contribution is -2.44.